The van der Waals surface area contributed by atoms with Gasteiger partial charge in [-0.1, -0.05) is 59.0 Å². The molecule has 0 atom stereocenters. The maximum absolute atomic E-state index is 13.3. The predicted octanol–water partition coefficient (Wildman–Crippen LogP) is 5.41. The van der Waals surface area contributed by atoms with Gasteiger partial charge in [-0.3, -0.25) is 9.69 Å². The van der Waals surface area contributed by atoms with Gasteiger partial charge in [0.05, 0.1) is 23.0 Å². The molecule has 1 amide bonds. The molecule has 0 spiro atoms. The Kier molecular flexibility index (Phi) is 5.51. The molecular formula is C24H20N4O3S. The molecule has 0 aliphatic heterocycles. The Morgan fingerprint density at radius 3 is 2.69 bits per heavy atom. The Balaban J connectivity index is 1.38. The SMILES string of the molecule is Cc1cccc2sc(N(Cc3ccccc3)C(=O)CCc3nc(-c4ccco4)no3)nc12. The van der Waals surface area contributed by atoms with Crippen molar-refractivity contribution in [1.82, 2.24) is 15.1 Å². The summed E-state index contributed by atoms with van der Waals surface area (Å²) in [6.45, 7) is 2.47. The predicted molar refractivity (Wildman–Crippen MR) is 122 cm³/mol. The smallest absolute Gasteiger partial charge is 0.238 e. The Hall–Kier alpha value is -3.78. The number of aryl methyl sites for hydroxylation is 2. The van der Waals surface area contributed by atoms with Crippen molar-refractivity contribution in [2.75, 3.05) is 4.90 Å². The summed E-state index contributed by atoms with van der Waals surface area (Å²) < 4.78 is 11.7. The summed E-state index contributed by atoms with van der Waals surface area (Å²) in [5.74, 6) is 1.25. The quantitative estimate of drug-likeness (QED) is 0.333. The number of thiazole rings is 1. The van der Waals surface area contributed by atoms with Crippen LogP contribution in [0.15, 0.2) is 75.9 Å². The number of benzene rings is 2. The molecule has 32 heavy (non-hydrogen) atoms. The van der Waals surface area contributed by atoms with Gasteiger partial charge < -0.3 is 8.94 Å². The Bertz CT molecular complexity index is 1340. The zero-order chi connectivity index (χ0) is 21.9. The van der Waals surface area contributed by atoms with Crippen LogP contribution in [0.4, 0.5) is 5.13 Å². The van der Waals surface area contributed by atoms with Crippen molar-refractivity contribution in [2.24, 2.45) is 0 Å². The minimum atomic E-state index is -0.0525. The molecule has 2 aromatic carbocycles. The highest BCUT2D eigenvalue weighted by Gasteiger charge is 2.22. The van der Waals surface area contributed by atoms with Gasteiger partial charge in [0.25, 0.3) is 0 Å². The lowest BCUT2D eigenvalue weighted by molar-refractivity contribution is -0.118. The summed E-state index contributed by atoms with van der Waals surface area (Å²) in [5.41, 5.74) is 3.06. The van der Waals surface area contributed by atoms with E-state index in [1.807, 2.05) is 55.5 Å². The van der Waals surface area contributed by atoms with E-state index in [4.69, 9.17) is 13.9 Å². The molecule has 5 rings (SSSR count). The number of para-hydroxylation sites is 1. The van der Waals surface area contributed by atoms with E-state index < -0.39 is 0 Å². The van der Waals surface area contributed by atoms with Gasteiger partial charge in [0.1, 0.15) is 0 Å². The van der Waals surface area contributed by atoms with Crippen LogP contribution in [-0.4, -0.2) is 21.0 Å². The summed E-state index contributed by atoms with van der Waals surface area (Å²) >= 11 is 1.52. The Labute approximate surface area is 188 Å². The zero-order valence-corrected chi connectivity index (χ0v) is 18.2. The molecule has 8 heteroatoms. The molecule has 3 heterocycles. The number of hydrogen-bond donors (Lipinski definition) is 0. The summed E-state index contributed by atoms with van der Waals surface area (Å²) in [4.78, 5) is 24.2. The van der Waals surface area contributed by atoms with Crippen molar-refractivity contribution in [3.63, 3.8) is 0 Å². The lowest BCUT2D eigenvalue weighted by Gasteiger charge is -2.19. The number of furan rings is 1. The summed E-state index contributed by atoms with van der Waals surface area (Å²) in [6.07, 6.45) is 2.11. The summed E-state index contributed by atoms with van der Waals surface area (Å²) in [7, 11) is 0. The summed E-state index contributed by atoms with van der Waals surface area (Å²) in [5, 5.41) is 4.62. The second-order valence-electron chi connectivity index (χ2n) is 7.37. The van der Waals surface area contributed by atoms with Gasteiger partial charge >= 0.3 is 0 Å². The lowest BCUT2D eigenvalue weighted by Crippen LogP contribution is -2.30. The number of nitrogens with zero attached hydrogens (tertiary/aromatic N) is 4. The average Bonchev–Trinajstić information content (AvgIpc) is 3.57. The maximum atomic E-state index is 13.3. The topological polar surface area (TPSA) is 85.3 Å². The fourth-order valence-corrected chi connectivity index (χ4v) is 4.49. The number of aromatic nitrogens is 3. The third-order valence-electron chi connectivity index (χ3n) is 5.09. The molecule has 0 unspecified atom stereocenters. The van der Waals surface area contributed by atoms with Crippen LogP contribution in [0.2, 0.25) is 0 Å². The number of amides is 1. The first-order valence-electron chi connectivity index (χ1n) is 10.2. The largest absolute Gasteiger partial charge is 0.461 e. The molecule has 0 saturated carbocycles. The van der Waals surface area contributed by atoms with E-state index in [0.29, 0.717) is 35.6 Å². The highest BCUT2D eigenvalue weighted by Crippen LogP contribution is 2.32. The third-order valence-corrected chi connectivity index (χ3v) is 6.13. The van der Waals surface area contributed by atoms with Gasteiger partial charge in [-0.15, -0.1) is 0 Å². The first-order valence-corrected chi connectivity index (χ1v) is 11.1. The van der Waals surface area contributed by atoms with Gasteiger partial charge in [0.2, 0.25) is 17.6 Å². The minimum absolute atomic E-state index is 0.0525. The summed E-state index contributed by atoms with van der Waals surface area (Å²) in [6, 6.07) is 19.5. The molecule has 5 aromatic rings. The second-order valence-corrected chi connectivity index (χ2v) is 8.38. The standard InChI is InChI=1S/C24H20N4O3S/c1-16-7-5-11-19-22(16)26-24(32-19)28(15-17-8-3-2-4-9-17)21(29)13-12-20-25-23(27-31-20)18-10-6-14-30-18/h2-11,14H,12-13,15H2,1H3. The number of carbonyl (C=O) groups excluding carboxylic acids is 1. The first kappa shape index (κ1) is 20.1. The van der Waals surface area contributed by atoms with E-state index in [-0.39, 0.29) is 12.3 Å². The van der Waals surface area contributed by atoms with Crippen LogP contribution < -0.4 is 4.90 Å². The molecule has 0 aliphatic carbocycles. The molecule has 0 N–H and O–H groups in total. The third kappa shape index (κ3) is 4.17. The molecule has 0 fully saturated rings. The molecule has 0 saturated heterocycles. The van der Waals surface area contributed by atoms with E-state index in [1.165, 1.54) is 11.3 Å². The average molecular weight is 445 g/mol. The van der Waals surface area contributed by atoms with Crippen molar-refractivity contribution in [3.05, 3.63) is 83.9 Å². The Morgan fingerprint density at radius 2 is 1.91 bits per heavy atom. The van der Waals surface area contributed by atoms with E-state index in [2.05, 4.69) is 10.1 Å². The zero-order valence-electron chi connectivity index (χ0n) is 17.4. The number of hydrogen-bond acceptors (Lipinski definition) is 7. The fourth-order valence-electron chi connectivity index (χ4n) is 3.43. The van der Waals surface area contributed by atoms with E-state index in [0.717, 1.165) is 21.3 Å². The highest BCUT2D eigenvalue weighted by atomic mass is 32.1. The van der Waals surface area contributed by atoms with Crippen molar-refractivity contribution >= 4 is 32.6 Å². The van der Waals surface area contributed by atoms with Gasteiger partial charge in [-0.2, -0.15) is 4.98 Å². The van der Waals surface area contributed by atoms with Gasteiger partial charge in [-0.05, 0) is 36.2 Å². The number of carbonyl (C=O) groups is 1. The van der Waals surface area contributed by atoms with Crippen LogP contribution in [0, 0.1) is 6.92 Å². The number of anilines is 1. The van der Waals surface area contributed by atoms with Crippen LogP contribution in [0.3, 0.4) is 0 Å². The Morgan fingerprint density at radius 1 is 1.03 bits per heavy atom. The van der Waals surface area contributed by atoms with Crippen LogP contribution >= 0.6 is 11.3 Å². The maximum Gasteiger partial charge on any atom is 0.238 e. The molecule has 3 aromatic heterocycles. The first-order chi connectivity index (χ1) is 15.7. The van der Waals surface area contributed by atoms with E-state index in [9.17, 15) is 4.79 Å². The lowest BCUT2D eigenvalue weighted by atomic mass is 10.2. The number of fused-ring (bicyclic) bond motifs is 1. The van der Waals surface area contributed by atoms with Crippen LogP contribution in [0.5, 0.6) is 0 Å². The monoisotopic (exact) mass is 444 g/mol. The highest BCUT2D eigenvalue weighted by molar-refractivity contribution is 7.22. The van der Waals surface area contributed by atoms with Gasteiger partial charge in [0.15, 0.2) is 10.9 Å². The molecule has 0 radical (unpaired) electrons. The van der Waals surface area contributed by atoms with Crippen LogP contribution in [0.1, 0.15) is 23.4 Å². The van der Waals surface area contributed by atoms with Crippen molar-refractivity contribution in [2.45, 2.75) is 26.3 Å². The van der Waals surface area contributed by atoms with Crippen molar-refractivity contribution in [1.29, 1.82) is 0 Å². The van der Waals surface area contributed by atoms with Crippen molar-refractivity contribution in [3.8, 4) is 11.6 Å². The molecule has 7 nitrogen and oxygen atoms in total. The van der Waals surface area contributed by atoms with Crippen LogP contribution in [0.25, 0.3) is 21.8 Å². The van der Waals surface area contributed by atoms with E-state index >= 15 is 0 Å². The second kappa shape index (κ2) is 8.76. The minimum Gasteiger partial charge on any atom is -0.461 e. The molecular weight excluding hydrogens is 424 g/mol. The molecule has 160 valence electrons. The fraction of sp³-hybridized carbons (Fsp3) is 0.167. The van der Waals surface area contributed by atoms with Crippen molar-refractivity contribution < 1.29 is 13.7 Å². The normalized spacial score (nSPS) is 11.2. The molecule has 0 aliphatic rings. The van der Waals surface area contributed by atoms with Gasteiger partial charge in [0, 0.05) is 12.8 Å². The van der Waals surface area contributed by atoms with Crippen LogP contribution in [-0.2, 0) is 17.8 Å². The van der Waals surface area contributed by atoms with Gasteiger partial charge in [-0.25, -0.2) is 4.98 Å². The number of rotatable bonds is 7. The van der Waals surface area contributed by atoms with E-state index in [1.54, 1.807) is 23.3 Å². The molecule has 0 bridgehead atoms.